The fraction of sp³-hybridized carbons (Fsp3) is 0.417. The van der Waals surface area contributed by atoms with E-state index in [1.165, 1.54) is 19.1 Å². The van der Waals surface area contributed by atoms with Gasteiger partial charge in [0.2, 0.25) is 10.0 Å². The number of rotatable bonds is 7. The number of hydrogen-bond donors (Lipinski definition) is 2. The third-order valence-corrected chi connectivity index (χ3v) is 4.51. The lowest BCUT2D eigenvalue weighted by atomic mass is 10.2. The normalized spacial score (nSPS) is 13.4. The number of aliphatic hydroxyl groups is 1. The molecule has 0 radical (unpaired) electrons. The molecule has 0 bridgehead atoms. The second-order valence-electron chi connectivity index (χ2n) is 4.14. The van der Waals surface area contributed by atoms with Crippen LogP contribution in [0, 0.1) is 5.92 Å². The van der Waals surface area contributed by atoms with Crippen LogP contribution in [0.1, 0.15) is 6.92 Å². The van der Waals surface area contributed by atoms with Crippen LogP contribution >= 0.6 is 0 Å². The number of hydrogen-bond acceptors (Lipinski definition) is 4. The largest absolute Gasteiger partial charge is 0.481 e. The van der Waals surface area contributed by atoms with Crippen molar-refractivity contribution in [3.8, 4) is 0 Å². The third-order valence-electron chi connectivity index (χ3n) is 2.63. The lowest BCUT2D eigenvalue weighted by Gasteiger charge is -2.23. The van der Waals surface area contributed by atoms with E-state index in [1.54, 1.807) is 18.2 Å². The van der Waals surface area contributed by atoms with Gasteiger partial charge in [0.25, 0.3) is 0 Å². The maximum Gasteiger partial charge on any atom is 0.307 e. The predicted octanol–water partition coefficient (Wildman–Crippen LogP) is 0.390. The molecular formula is C12H17NO5S. The molecule has 1 atom stereocenters. The molecule has 106 valence electrons. The molecule has 2 N–H and O–H groups in total. The predicted molar refractivity (Wildman–Crippen MR) is 69.1 cm³/mol. The maximum atomic E-state index is 12.3. The third kappa shape index (κ3) is 4.02. The molecule has 1 aromatic rings. The van der Waals surface area contributed by atoms with E-state index in [0.717, 1.165) is 4.31 Å². The van der Waals surface area contributed by atoms with Crippen molar-refractivity contribution >= 4 is 16.0 Å². The number of carboxylic acids is 1. The summed E-state index contributed by atoms with van der Waals surface area (Å²) in [5.41, 5.74) is 0. The van der Waals surface area contributed by atoms with Crippen LogP contribution in [0.25, 0.3) is 0 Å². The smallest absolute Gasteiger partial charge is 0.307 e. The molecular weight excluding hydrogens is 270 g/mol. The molecule has 1 rings (SSSR count). The lowest BCUT2D eigenvalue weighted by molar-refractivity contribution is -0.141. The first-order chi connectivity index (χ1) is 8.89. The first kappa shape index (κ1) is 15.6. The van der Waals surface area contributed by atoms with Crippen LogP contribution in [0.2, 0.25) is 0 Å². The number of carbonyl (C=O) groups is 1. The van der Waals surface area contributed by atoms with Crippen LogP contribution in [0.4, 0.5) is 0 Å². The number of aliphatic carboxylic acids is 1. The summed E-state index contributed by atoms with van der Waals surface area (Å²) in [5.74, 6) is -1.92. The van der Waals surface area contributed by atoms with Crippen LogP contribution in [0.15, 0.2) is 35.2 Å². The molecule has 6 nitrogen and oxygen atoms in total. The lowest BCUT2D eigenvalue weighted by Crippen LogP contribution is -2.38. The Kier molecular flexibility index (Phi) is 5.46. The zero-order valence-electron chi connectivity index (χ0n) is 10.6. The zero-order valence-corrected chi connectivity index (χ0v) is 11.4. The average molecular weight is 287 g/mol. The molecule has 19 heavy (non-hydrogen) atoms. The Morgan fingerprint density at radius 2 is 1.89 bits per heavy atom. The first-order valence-corrected chi connectivity index (χ1v) is 7.22. The van der Waals surface area contributed by atoms with Crippen LogP contribution in [-0.4, -0.2) is 48.6 Å². The standard InChI is InChI=1S/C12H17NO5S/c1-10(12(15)16)9-13(7-8-14)19(17,18)11-5-3-2-4-6-11/h2-6,10,14H,7-9H2,1H3,(H,15,16). The summed E-state index contributed by atoms with van der Waals surface area (Å²) >= 11 is 0. The molecule has 1 unspecified atom stereocenters. The van der Waals surface area contributed by atoms with Gasteiger partial charge < -0.3 is 10.2 Å². The molecule has 0 aliphatic rings. The molecule has 0 fully saturated rings. The number of aliphatic hydroxyl groups excluding tert-OH is 1. The molecule has 0 aliphatic heterocycles. The highest BCUT2D eigenvalue weighted by Gasteiger charge is 2.27. The van der Waals surface area contributed by atoms with Crippen molar-refractivity contribution in [3.05, 3.63) is 30.3 Å². The Bertz CT molecular complexity index is 514. The summed E-state index contributed by atoms with van der Waals surface area (Å²) in [6.45, 7) is 0.758. The van der Waals surface area contributed by atoms with Gasteiger partial charge >= 0.3 is 5.97 Å². The van der Waals surface area contributed by atoms with Crippen molar-refractivity contribution in [1.29, 1.82) is 0 Å². The van der Waals surface area contributed by atoms with E-state index < -0.39 is 21.9 Å². The van der Waals surface area contributed by atoms with E-state index >= 15 is 0 Å². The van der Waals surface area contributed by atoms with Crippen molar-refractivity contribution in [1.82, 2.24) is 4.31 Å². The van der Waals surface area contributed by atoms with Crippen LogP contribution < -0.4 is 0 Å². The van der Waals surface area contributed by atoms with E-state index in [4.69, 9.17) is 10.2 Å². The number of carboxylic acid groups (broad SMARTS) is 1. The number of nitrogens with zero attached hydrogens (tertiary/aromatic N) is 1. The summed E-state index contributed by atoms with van der Waals surface area (Å²) in [6, 6.07) is 7.74. The molecule has 0 spiro atoms. The summed E-state index contributed by atoms with van der Waals surface area (Å²) in [6.07, 6.45) is 0. The Labute approximate surface area is 112 Å². The van der Waals surface area contributed by atoms with Gasteiger partial charge in [-0.1, -0.05) is 25.1 Å². The van der Waals surface area contributed by atoms with Crippen LogP contribution in [0.3, 0.4) is 0 Å². The Balaban J connectivity index is 3.01. The molecule has 0 aromatic heterocycles. The van der Waals surface area contributed by atoms with Gasteiger partial charge in [0.1, 0.15) is 0 Å². The summed E-state index contributed by atoms with van der Waals surface area (Å²) in [7, 11) is -3.78. The van der Waals surface area contributed by atoms with E-state index in [9.17, 15) is 13.2 Å². The van der Waals surface area contributed by atoms with Gasteiger partial charge in [0, 0.05) is 13.1 Å². The quantitative estimate of drug-likeness (QED) is 0.756. The van der Waals surface area contributed by atoms with E-state index in [-0.39, 0.29) is 24.6 Å². The number of sulfonamides is 1. The van der Waals surface area contributed by atoms with Crippen LogP contribution in [0.5, 0.6) is 0 Å². The first-order valence-electron chi connectivity index (χ1n) is 5.78. The van der Waals surface area contributed by atoms with Crippen molar-refractivity contribution in [2.75, 3.05) is 19.7 Å². The monoisotopic (exact) mass is 287 g/mol. The van der Waals surface area contributed by atoms with Gasteiger partial charge in [0.15, 0.2) is 0 Å². The molecule has 1 aromatic carbocycles. The summed E-state index contributed by atoms with van der Waals surface area (Å²) < 4.78 is 25.6. The topological polar surface area (TPSA) is 94.9 Å². The van der Waals surface area contributed by atoms with E-state index in [1.807, 2.05) is 0 Å². The molecule has 0 heterocycles. The number of benzene rings is 1. The fourth-order valence-corrected chi connectivity index (χ4v) is 3.09. The van der Waals surface area contributed by atoms with Crippen molar-refractivity contribution in [3.63, 3.8) is 0 Å². The molecule has 7 heteroatoms. The SMILES string of the molecule is CC(CN(CCO)S(=O)(=O)c1ccccc1)C(=O)O. The second-order valence-corrected chi connectivity index (χ2v) is 6.08. The highest BCUT2D eigenvalue weighted by atomic mass is 32.2. The Morgan fingerprint density at radius 1 is 1.32 bits per heavy atom. The molecule has 0 aliphatic carbocycles. The molecule has 0 saturated heterocycles. The maximum absolute atomic E-state index is 12.3. The van der Waals surface area contributed by atoms with Gasteiger partial charge in [-0.3, -0.25) is 4.79 Å². The van der Waals surface area contributed by atoms with E-state index in [2.05, 4.69) is 0 Å². The van der Waals surface area contributed by atoms with Crippen molar-refractivity contribution < 1.29 is 23.4 Å². The van der Waals surface area contributed by atoms with Gasteiger partial charge in [-0.25, -0.2) is 8.42 Å². The second kappa shape index (κ2) is 6.65. The van der Waals surface area contributed by atoms with Gasteiger partial charge in [-0.2, -0.15) is 4.31 Å². The van der Waals surface area contributed by atoms with Gasteiger partial charge in [-0.15, -0.1) is 0 Å². The average Bonchev–Trinajstić information content (AvgIpc) is 2.39. The van der Waals surface area contributed by atoms with Crippen molar-refractivity contribution in [2.24, 2.45) is 5.92 Å². The zero-order chi connectivity index (χ0) is 14.5. The summed E-state index contributed by atoms with van der Waals surface area (Å²) in [5, 5.41) is 17.8. The highest BCUT2D eigenvalue weighted by molar-refractivity contribution is 7.89. The van der Waals surface area contributed by atoms with Gasteiger partial charge in [0.05, 0.1) is 17.4 Å². The van der Waals surface area contributed by atoms with Gasteiger partial charge in [-0.05, 0) is 12.1 Å². The molecule has 0 amide bonds. The minimum atomic E-state index is -3.78. The van der Waals surface area contributed by atoms with Crippen molar-refractivity contribution in [2.45, 2.75) is 11.8 Å². The van der Waals surface area contributed by atoms with Crippen LogP contribution in [-0.2, 0) is 14.8 Å². The summed E-state index contributed by atoms with van der Waals surface area (Å²) in [4.78, 5) is 10.9. The minimum Gasteiger partial charge on any atom is -0.481 e. The highest BCUT2D eigenvalue weighted by Crippen LogP contribution is 2.16. The molecule has 0 saturated carbocycles. The van der Waals surface area contributed by atoms with E-state index in [0.29, 0.717) is 0 Å². The fourth-order valence-electron chi connectivity index (χ4n) is 1.55. The Hall–Kier alpha value is -1.44. The Morgan fingerprint density at radius 3 is 2.37 bits per heavy atom. The minimum absolute atomic E-state index is 0.0843.